The predicted molar refractivity (Wildman–Crippen MR) is 93.3 cm³/mol. The molecule has 1 aromatic carbocycles. The van der Waals surface area contributed by atoms with Crippen LogP contribution < -0.4 is 5.73 Å². The zero-order valence-electron chi connectivity index (χ0n) is 14.1. The molecule has 2 heterocycles. The third-order valence-corrected chi connectivity index (χ3v) is 4.71. The van der Waals surface area contributed by atoms with Crippen LogP contribution >= 0.6 is 0 Å². The molecule has 1 aliphatic heterocycles. The smallest absolute Gasteiger partial charge is 0.270 e. The highest BCUT2D eigenvalue weighted by molar-refractivity contribution is 5.99. The second kappa shape index (κ2) is 6.92. The number of nitrogens with two attached hydrogens (primary N) is 1. The Morgan fingerprint density at radius 3 is 2.72 bits per heavy atom. The number of non-ortho nitro benzene ring substituents is 1. The highest BCUT2D eigenvalue weighted by atomic mass is 16.6. The minimum Gasteiger partial charge on any atom is -0.398 e. The largest absolute Gasteiger partial charge is 0.398 e. The average Bonchev–Trinajstić information content (AvgIpc) is 3.10. The van der Waals surface area contributed by atoms with E-state index in [-0.39, 0.29) is 22.8 Å². The van der Waals surface area contributed by atoms with Crippen LogP contribution in [0.3, 0.4) is 0 Å². The van der Waals surface area contributed by atoms with Gasteiger partial charge in [0.05, 0.1) is 16.7 Å². The fourth-order valence-electron chi connectivity index (χ4n) is 3.19. The molecule has 132 valence electrons. The first-order valence-electron chi connectivity index (χ1n) is 8.35. The fraction of sp³-hybridized carbons (Fsp3) is 0.412. The number of aromatic nitrogens is 2. The van der Waals surface area contributed by atoms with E-state index in [0.717, 1.165) is 19.4 Å². The monoisotopic (exact) mass is 343 g/mol. The Balaban J connectivity index is 1.69. The average molecular weight is 343 g/mol. The first-order valence-corrected chi connectivity index (χ1v) is 8.35. The molecule has 1 amide bonds. The van der Waals surface area contributed by atoms with Gasteiger partial charge in [-0.05, 0) is 37.3 Å². The summed E-state index contributed by atoms with van der Waals surface area (Å²) in [7, 11) is 0. The van der Waals surface area contributed by atoms with Gasteiger partial charge in [-0.15, -0.1) is 0 Å². The minimum atomic E-state index is -0.520. The summed E-state index contributed by atoms with van der Waals surface area (Å²) in [5.41, 5.74) is 7.39. The van der Waals surface area contributed by atoms with Gasteiger partial charge in [-0.25, -0.2) is 0 Å². The van der Waals surface area contributed by atoms with E-state index in [1.807, 2.05) is 17.8 Å². The zero-order chi connectivity index (χ0) is 18.0. The highest BCUT2D eigenvalue weighted by Crippen LogP contribution is 2.29. The Morgan fingerprint density at radius 1 is 1.40 bits per heavy atom. The van der Waals surface area contributed by atoms with E-state index in [4.69, 9.17) is 5.73 Å². The number of nitrogen functional groups attached to an aromatic ring is 1. The van der Waals surface area contributed by atoms with Crippen LogP contribution in [0.4, 0.5) is 11.4 Å². The molecule has 0 bridgehead atoms. The number of carbonyl (C=O) groups excluding carboxylic acids is 1. The summed E-state index contributed by atoms with van der Waals surface area (Å²) < 4.78 is 1.90. The molecule has 0 radical (unpaired) electrons. The van der Waals surface area contributed by atoms with E-state index >= 15 is 0 Å². The Morgan fingerprint density at radius 2 is 2.12 bits per heavy atom. The van der Waals surface area contributed by atoms with Gasteiger partial charge in [0, 0.05) is 43.7 Å². The first-order chi connectivity index (χ1) is 12.0. The van der Waals surface area contributed by atoms with Crippen molar-refractivity contribution in [2.45, 2.75) is 32.2 Å². The van der Waals surface area contributed by atoms with Crippen LogP contribution in [-0.4, -0.2) is 38.6 Å². The molecule has 1 aliphatic rings. The molecule has 0 saturated carbocycles. The number of hydrogen-bond acceptors (Lipinski definition) is 5. The topological polar surface area (TPSA) is 107 Å². The molecular weight excluding hydrogens is 322 g/mol. The third kappa shape index (κ3) is 3.47. The number of likely N-dealkylation sites (tertiary alicyclic amines) is 1. The number of anilines is 1. The van der Waals surface area contributed by atoms with Crippen molar-refractivity contribution in [1.29, 1.82) is 0 Å². The molecule has 3 rings (SSSR count). The van der Waals surface area contributed by atoms with Crippen molar-refractivity contribution in [3.63, 3.8) is 0 Å². The van der Waals surface area contributed by atoms with Crippen molar-refractivity contribution >= 4 is 17.3 Å². The third-order valence-electron chi connectivity index (χ3n) is 4.71. The molecule has 1 saturated heterocycles. The van der Waals surface area contributed by atoms with E-state index < -0.39 is 4.92 Å². The SMILES string of the molecule is CCn1cc(C2CCN(C(=O)c3cc([N+](=O)[O-])ccc3N)CC2)cn1. The number of aryl methyl sites for hydroxylation is 1. The van der Waals surface area contributed by atoms with Crippen molar-refractivity contribution < 1.29 is 9.72 Å². The van der Waals surface area contributed by atoms with E-state index in [9.17, 15) is 14.9 Å². The van der Waals surface area contributed by atoms with Crippen molar-refractivity contribution in [3.8, 4) is 0 Å². The summed E-state index contributed by atoms with van der Waals surface area (Å²) in [5, 5.41) is 15.2. The van der Waals surface area contributed by atoms with Crippen LogP contribution in [0.2, 0.25) is 0 Å². The molecule has 0 aliphatic carbocycles. The normalized spacial score (nSPS) is 15.3. The Bertz CT molecular complexity index is 793. The maximum absolute atomic E-state index is 12.7. The van der Waals surface area contributed by atoms with Crippen molar-refractivity contribution in [1.82, 2.24) is 14.7 Å². The molecule has 0 spiro atoms. The molecule has 0 atom stereocenters. The quantitative estimate of drug-likeness (QED) is 0.521. The van der Waals surface area contributed by atoms with Crippen LogP contribution in [0.15, 0.2) is 30.6 Å². The van der Waals surface area contributed by atoms with E-state index in [2.05, 4.69) is 11.3 Å². The lowest BCUT2D eigenvalue weighted by Gasteiger charge is -2.31. The fourth-order valence-corrected chi connectivity index (χ4v) is 3.19. The maximum Gasteiger partial charge on any atom is 0.270 e. The van der Waals surface area contributed by atoms with Gasteiger partial charge in [0.25, 0.3) is 11.6 Å². The lowest BCUT2D eigenvalue weighted by molar-refractivity contribution is -0.384. The van der Waals surface area contributed by atoms with Crippen molar-refractivity contribution in [2.75, 3.05) is 18.8 Å². The number of rotatable bonds is 4. The van der Waals surface area contributed by atoms with Crippen LogP contribution in [0.5, 0.6) is 0 Å². The van der Waals surface area contributed by atoms with E-state index in [1.165, 1.54) is 23.8 Å². The molecule has 8 nitrogen and oxygen atoms in total. The molecule has 0 unspecified atom stereocenters. The molecule has 2 aromatic rings. The van der Waals surface area contributed by atoms with Gasteiger partial charge >= 0.3 is 0 Å². The molecule has 1 aromatic heterocycles. The van der Waals surface area contributed by atoms with Gasteiger partial charge in [0.15, 0.2) is 0 Å². The number of nitrogens with zero attached hydrogens (tertiary/aromatic N) is 4. The van der Waals surface area contributed by atoms with Crippen molar-refractivity contribution in [3.05, 3.63) is 51.8 Å². The number of piperidine rings is 1. The lowest BCUT2D eigenvalue weighted by atomic mass is 9.91. The van der Waals surface area contributed by atoms with Gasteiger partial charge in [-0.1, -0.05) is 0 Å². The van der Waals surface area contributed by atoms with Gasteiger partial charge in [-0.2, -0.15) is 5.10 Å². The lowest BCUT2D eigenvalue weighted by Crippen LogP contribution is -2.38. The van der Waals surface area contributed by atoms with Gasteiger partial charge < -0.3 is 10.6 Å². The number of amides is 1. The Labute approximate surface area is 145 Å². The van der Waals surface area contributed by atoms with Gasteiger partial charge in [0.1, 0.15) is 0 Å². The Kier molecular flexibility index (Phi) is 4.69. The van der Waals surface area contributed by atoms with Crippen LogP contribution in [0.1, 0.15) is 41.6 Å². The summed E-state index contributed by atoms with van der Waals surface area (Å²) >= 11 is 0. The molecular formula is C17H21N5O3. The second-order valence-electron chi connectivity index (χ2n) is 6.22. The maximum atomic E-state index is 12.7. The molecule has 1 fully saturated rings. The summed E-state index contributed by atoms with van der Waals surface area (Å²) in [6.45, 7) is 4.08. The number of benzene rings is 1. The first kappa shape index (κ1) is 16.9. The highest BCUT2D eigenvalue weighted by Gasteiger charge is 2.27. The molecule has 2 N–H and O–H groups in total. The van der Waals surface area contributed by atoms with Gasteiger partial charge in [-0.3, -0.25) is 19.6 Å². The standard InChI is InChI=1S/C17H21N5O3/c1-2-21-11-13(10-19-21)12-5-7-20(8-6-12)17(23)15-9-14(22(24)25)3-4-16(15)18/h3-4,9-12H,2,5-8,18H2,1H3. The summed E-state index contributed by atoms with van der Waals surface area (Å²) in [5.74, 6) is 0.135. The zero-order valence-corrected chi connectivity index (χ0v) is 14.1. The van der Waals surface area contributed by atoms with E-state index in [1.54, 1.807) is 4.90 Å². The number of hydrogen-bond donors (Lipinski definition) is 1. The number of nitro groups is 1. The second-order valence-corrected chi connectivity index (χ2v) is 6.22. The summed E-state index contributed by atoms with van der Waals surface area (Å²) in [4.78, 5) is 24.8. The minimum absolute atomic E-state index is 0.126. The van der Waals surface area contributed by atoms with Gasteiger partial charge in [0.2, 0.25) is 0 Å². The number of carbonyl (C=O) groups is 1. The van der Waals surface area contributed by atoms with Crippen molar-refractivity contribution in [2.24, 2.45) is 0 Å². The molecule has 25 heavy (non-hydrogen) atoms. The predicted octanol–water partition coefficient (Wildman–Crippen LogP) is 2.41. The van der Waals surface area contributed by atoms with E-state index in [0.29, 0.717) is 19.0 Å². The van der Waals surface area contributed by atoms with Crippen LogP contribution in [0, 0.1) is 10.1 Å². The van der Waals surface area contributed by atoms with Crippen LogP contribution in [0.25, 0.3) is 0 Å². The number of nitro benzene ring substituents is 1. The van der Waals surface area contributed by atoms with Crippen LogP contribution in [-0.2, 0) is 6.54 Å². The Hall–Kier alpha value is -2.90. The molecule has 8 heteroatoms. The summed E-state index contributed by atoms with van der Waals surface area (Å²) in [6, 6.07) is 3.98. The summed E-state index contributed by atoms with van der Waals surface area (Å²) in [6.07, 6.45) is 5.64.